The molecule has 0 aliphatic carbocycles. The highest BCUT2D eigenvalue weighted by Crippen LogP contribution is 2.30. The van der Waals surface area contributed by atoms with Crippen molar-refractivity contribution >= 4 is 20.6 Å². The van der Waals surface area contributed by atoms with E-state index < -0.39 is 8.80 Å². The van der Waals surface area contributed by atoms with E-state index in [4.69, 9.17) is 13.3 Å². The molecule has 2 unspecified atom stereocenters. The van der Waals surface area contributed by atoms with Gasteiger partial charge in [0.15, 0.2) is 0 Å². The maximum atomic E-state index is 12.1. The molecule has 0 bridgehead atoms. The van der Waals surface area contributed by atoms with E-state index in [1.165, 1.54) is 0 Å². The summed E-state index contributed by atoms with van der Waals surface area (Å²) in [6.45, 7) is 9.54. The van der Waals surface area contributed by atoms with E-state index in [-0.39, 0.29) is 23.7 Å². The van der Waals surface area contributed by atoms with Crippen LogP contribution in [0.4, 0.5) is 0 Å². The van der Waals surface area contributed by atoms with Crippen molar-refractivity contribution in [2.24, 2.45) is 11.8 Å². The van der Waals surface area contributed by atoms with E-state index in [1.54, 1.807) is 0 Å². The predicted molar refractivity (Wildman–Crippen MR) is 94.3 cm³/mol. The normalized spacial score (nSPS) is 21.3. The van der Waals surface area contributed by atoms with E-state index in [0.29, 0.717) is 32.3 Å². The molecule has 0 radical (unpaired) electrons. The van der Waals surface area contributed by atoms with Crippen LogP contribution in [0.5, 0.6) is 0 Å². The zero-order valence-electron chi connectivity index (χ0n) is 15.6. The van der Waals surface area contributed by atoms with Gasteiger partial charge in [-0.3, -0.25) is 14.9 Å². The van der Waals surface area contributed by atoms with Gasteiger partial charge in [-0.1, -0.05) is 19.8 Å². The van der Waals surface area contributed by atoms with E-state index in [2.05, 4.69) is 12.2 Å². The van der Waals surface area contributed by atoms with Crippen LogP contribution in [0.3, 0.4) is 0 Å². The van der Waals surface area contributed by atoms with Crippen molar-refractivity contribution in [3.05, 3.63) is 0 Å². The molecule has 24 heavy (non-hydrogen) atoms. The SMILES string of the molecule is CCCCC1C(=O)NC(=O)C1CCC[Si](OCC)(OCC)OCC. The van der Waals surface area contributed by atoms with Crippen LogP contribution in [0.25, 0.3) is 0 Å². The van der Waals surface area contributed by atoms with Crippen LogP contribution < -0.4 is 5.32 Å². The van der Waals surface area contributed by atoms with Crippen molar-refractivity contribution in [3.63, 3.8) is 0 Å². The zero-order chi connectivity index (χ0) is 18.0. The lowest BCUT2D eigenvalue weighted by atomic mass is 9.87. The van der Waals surface area contributed by atoms with Crippen LogP contribution in [0.2, 0.25) is 6.04 Å². The van der Waals surface area contributed by atoms with E-state index in [9.17, 15) is 9.59 Å². The molecular weight excluding hydrogens is 326 g/mol. The molecule has 1 rings (SSSR count). The average molecular weight is 360 g/mol. The fourth-order valence-corrected chi connectivity index (χ4v) is 5.94. The fourth-order valence-electron chi connectivity index (χ4n) is 3.30. The molecule has 0 saturated carbocycles. The molecule has 2 atom stereocenters. The summed E-state index contributed by atoms with van der Waals surface area (Å²) in [5.41, 5.74) is 0. The van der Waals surface area contributed by atoms with Crippen molar-refractivity contribution in [1.82, 2.24) is 5.32 Å². The van der Waals surface area contributed by atoms with Gasteiger partial charge >= 0.3 is 8.80 Å². The number of nitrogens with one attached hydrogen (secondary N) is 1. The molecule has 140 valence electrons. The molecule has 6 nitrogen and oxygen atoms in total. The van der Waals surface area contributed by atoms with Crippen LogP contribution in [0.1, 0.15) is 59.8 Å². The Balaban J connectivity index is 2.63. The summed E-state index contributed by atoms with van der Waals surface area (Å²) in [5, 5.41) is 2.49. The molecule has 0 aromatic heterocycles. The lowest BCUT2D eigenvalue weighted by Crippen LogP contribution is -2.46. The van der Waals surface area contributed by atoms with Crippen LogP contribution in [0, 0.1) is 11.8 Å². The highest BCUT2D eigenvalue weighted by atomic mass is 28.4. The van der Waals surface area contributed by atoms with Gasteiger partial charge in [0.2, 0.25) is 11.8 Å². The van der Waals surface area contributed by atoms with Gasteiger partial charge in [0.1, 0.15) is 0 Å². The highest BCUT2D eigenvalue weighted by Gasteiger charge is 2.43. The minimum atomic E-state index is -2.67. The summed E-state index contributed by atoms with van der Waals surface area (Å²) in [6, 6.07) is 0.682. The number of amides is 2. The molecule has 2 amide bonds. The minimum absolute atomic E-state index is 0.110. The van der Waals surface area contributed by atoms with E-state index >= 15 is 0 Å². The van der Waals surface area contributed by atoms with Crippen LogP contribution >= 0.6 is 0 Å². The maximum absolute atomic E-state index is 12.1. The first-order valence-corrected chi connectivity index (χ1v) is 11.2. The smallest absolute Gasteiger partial charge is 0.374 e. The first-order valence-electron chi connectivity index (χ1n) is 9.30. The lowest BCUT2D eigenvalue weighted by Gasteiger charge is -2.28. The van der Waals surface area contributed by atoms with Crippen LogP contribution in [-0.2, 0) is 22.9 Å². The Morgan fingerprint density at radius 3 is 1.71 bits per heavy atom. The summed E-state index contributed by atoms with van der Waals surface area (Å²) in [4.78, 5) is 24.0. The Bertz CT molecular complexity index is 387. The van der Waals surface area contributed by atoms with Gasteiger partial charge in [-0.15, -0.1) is 0 Å². The standard InChI is InChI=1S/C17H33NO5Si/c1-5-9-11-14-15(17(20)18-16(14)19)12-10-13-24(21-6-2,22-7-3)23-8-4/h14-15H,5-13H2,1-4H3,(H,18,19,20). The van der Waals surface area contributed by atoms with Crippen molar-refractivity contribution in [1.29, 1.82) is 0 Å². The zero-order valence-corrected chi connectivity index (χ0v) is 16.6. The van der Waals surface area contributed by atoms with Gasteiger partial charge in [0.25, 0.3) is 0 Å². The molecule has 0 spiro atoms. The van der Waals surface area contributed by atoms with E-state index in [0.717, 1.165) is 25.7 Å². The number of unbranched alkanes of at least 4 members (excludes halogenated alkanes) is 1. The predicted octanol–water partition coefficient (Wildman–Crippen LogP) is 2.89. The van der Waals surface area contributed by atoms with Crippen LogP contribution in [0.15, 0.2) is 0 Å². The lowest BCUT2D eigenvalue weighted by molar-refractivity contribution is -0.126. The summed E-state index contributed by atoms with van der Waals surface area (Å²) in [5.74, 6) is -0.639. The molecular formula is C17H33NO5Si. The van der Waals surface area contributed by atoms with Crippen molar-refractivity contribution in [2.75, 3.05) is 19.8 Å². The van der Waals surface area contributed by atoms with Gasteiger partial charge in [-0.05, 0) is 40.0 Å². The number of hydrogen-bond acceptors (Lipinski definition) is 5. The Labute approximate surface area is 147 Å². The van der Waals surface area contributed by atoms with Gasteiger partial charge in [0.05, 0.1) is 0 Å². The largest absolute Gasteiger partial charge is 0.500 e. The second-order valence-electron chi connectivity index (χ2n) is 6.08. The monoisotopic (exact) mass is 359 g/mol. The third-order valence-corrected chi connectivity index (χ3v) is 7.52. The molecule has 1 heterocycles. The quantitative estimate of drug-likeness (QED) is 0.404. The Kier molecular flexibility index (Phi) is 9.73. The molecule has 1 N–H and O–H groups in total. The topological polar surface area (TPSA) is 73.9 Å². The second-order valence-corrected chi connectivity index (χ2v) is 8.82. The average Bonchev–Trinajstić information content (AvgIpc) is 2.80. The first kappa shape index (κ1) is 21.3. The van der Waals surface area contributed by atoms with Crippen molar-refractivity contribution < 1.29 is 22.9 Å². The Morgan fingerprint density at radius 1 is 0.833 bits per heavy atom. The summed E-state index contributed by atoms with van der Waals surface area (Å²) in [6.07, 6.45) is 4.22. The van der Waals surface area contributed by atoms with Crippen molar-refractivity contribution in [2.45, 2.75) is 65.8 Å². The highest BCUT2D eigenvalue weighted by molar-refractivity contribution is 6.60. The second kappa shape index (κ2) is 11.0. The van der Waals surface area contributed by atoms with Crippen LogP contribution in [-0.4, -0.2) is 40.4 Å². The molecule has 1 aliphatic rings. The van der Waals surface area contributed by atoms with Gasteiger partial charge in [0, 0.05) is 37.7 Å². The van der Waals surface area contributed by atoms with Gasteiger partial charge in [-0.2, -0.15) is 0 Å². The molecule has 0 aromatic rings. The molecule has 7 heteroatoms. The van der Waals surface area contributed by atoms with Gasteiger partial charge < -0.3 is 13.3 Å². The molecule has 1 aliphatic heterocycles. The third-order valence-electron chi connectivity index (χ3n) is 4.37. The van der Waals surface area contributed by atoms with E-state index in [1.807, 2.05) is 20.8 Å². The number of imide groups is 1. The maximum Gasteiger partial charge on any atom is 0.500 e. The van der Waals surface area contributed by atoms with Gasteiger partial charge in [-0.25, -0.2) is 0 Å². The number of carbonyl (C=O) groups excluding carboxylic acids is 2. The number of carbonyl (C=O) groups is 2. The number of rotatable bonds is 13. The summed E-state index contributed by atoms with van der Waals surface area (Å²) < 4.78 is 17.5. The molecule has 1 fully saturated rings. The third kappa shape index (κ3) is 5.95. The fraction of sp³-hybridized carbons (Fsp3) is 0.882. The first-order chi connectivity index (χ1) is 11.5. The Hall–Kier alpha value is -0.763. The molecule has 0 aromatic carbocycles. The summed E-state index contributed by atoms with van der Waals surface area (Å²) in [7, 11) is -2.67. The molecule has 1 saturated heterocycles. The van der Waals surface area contributed by atoms with Crippen molar-refractivity contribution in [3.8, 4) is 0 Å². The number of hydrogen-bond donors (Lipinski definition) is 1. The Morgan fingerprint density at radius 2 is 1.29 bits per heavy atom. The summed E-state index contributed by atoms with van der Waals surface area (Å²) >= 11 is 0. The minimum Gasteiger partial charge on any atom is -0.374 e.